The smallest absolute Gasteiger partial charge is 0.275 e. The largest absolute Gasteiger partial charge is 0.493 e. The molecule has 1 fully saturated rings. The van der Waals surface area contributed by atoms with Crippen LogP contribution in [0.1, 0.15) is 65.3 Å². The molecule has 2 amide bonds. The van der Waals surface area contributed by atoms with E-state index in [1.165, 1.54) is 39.9 Å². The van der Waals surface area contributed by atoms with Gasteiger partial charge >= 0.3 is 0 Å². The van der Waals surface area contributed by atoms with Crippen LogP contribution in [-0.2, 0) is 11.2 Å². The Labute approximate surface area is 235 Å². The zero-order valence-electron chi connectivity index (χ0n) is 23.7. The van der Waals surface area contributed by atoms with Crippen molar-refractivity contribution in [1.82, 2.24) is 20.2 Å². The Bertz CT molecular complexity index is 1270. The molecule has 9 heteroatoms. The molecule has 1 N–H and O–H groups in total. The first-order valence-corrected chi connectivity index (χ1v) is 13.7. The predicted octanol–water partition coefficient (Wildman–Crippen LogP) is 4.69. The van der Waals surface area contributed by atoms with Gasteiger partial charge in [0.2, 0.25) is 11.7 Å². The molecule has 2 aromatic carbocycles. The minimum Gasteiger partial charge on any atom is -0.493 e. The Morgan fingerprint density at radius 3 is 2.33 bits per heavy atom. The van der Waals surface area contributed by atoms with E-state index in [0.717, 1.165) is 43.2 Å². The van der Waals surface area contributed by atoms with Gasteiger partial charge in [-0.05, 0) is 49.4 Å². The van der Waals surface area contributed by atoms with Crippen molar-refractivity contribution < 1.29 is 23.8 Å². The summed E-state index contributed by atoms with van der Waals surface area (Å²) in [5.74, 6) is 0.559. The standard InChI is InChI=1S/C31H38N4O5/c1-21-9-8-10-22(17-21)13-16-35(31(37)25-20-32-14-15-33-25)28(30(36)34-24-11-6-5-7-12-24)23-18-26(38-2)29(40-4)27(19-23)39-3/h8-10,14-15,17-20,24,28H,5-7,11-13,16H2,1-4H3,(H,34,36)/t28-/m1/s1. The number of carbonyl (C=O) groups is 2. The van der Waals surface area contributed by atoms with Crippen LogP contribution in [0.15, 0.2) is 55.0 Å². The summed E-state index contributed by atoms with van der Waals surface area (Å²) in [7, 11) is 4.58. The number of benzene rings is 2. The molecule has 0 aliphatic heterocycles. The molecule has 3 aromatic rings. The number of nitrogens with one attached hydrogen (secondary N) is 1. The van der Waals surface area contributed by atoms with E-state index in [1.54, 1.807) is 17.0 Å². The Morgan fingerprint density at radius 2 is 1.73 bits per heavy atom. The molecule has 0 unspecified atom stereocenters. The van der Waals surface area contributed by atoms with Gasteiger partial charge in [-0.15, -0.1) is 0 Å². The van der Waals surface area contributed by atoms with Gasteiger partial charge in [0, 0.05) is 25.0 Å². The molecule has 1 saturated carbocycles. The van der Waals surface area contributed by atoms with Crippen molar-refractivity contribution in [1.29, 1.82) is 0 Å². The number of nitrogens with zero attached hydrogens (tertiary/aromatic N) is 3. The summed E-state index contributed by atoms with van der Waals surface area (Å²) in [6.07, 6.45) is 10.1. The minimum atomic E-state index is -0.977. The van der Waals surface area contributed by atoms with E-state index < -0.39 is 11.9 Å². The van der Waals surface area contributed by atoms with Crippen molar-refractivity contribution >= 4 is 11.8 Å². The van der Waals surface area contributed by atoms with Crippen molar-refractivity contribution in [2.45, 2.75) is 57.5 Å². The van der Waals surface area contributed by atoms with E-state index in [1.807, 2.05) is 25.1 Å². The van der Waals surface area contributed by atoms with Crippen molar-refractivity contribution in [3.8, 4) is 17.2 Å². The fraction of sp³-hybridized carbons (Fsp3) is 0.419. The molecule has 0 bridgehead atoms. The summed E-state index contributed by atoms with van der Waals surface area (Å²) in [5.41, 5.74) is 2.90. The quantitative estimate of drug-likeness (QED) is 0.372. The fourth-order valence-electron chi connectivity index (χ4n) is 5.28. The number of aromatic nitrogens is 2. The lowest BCUT2D eigenvalue weighted by Crippen LogP contribution is -2.48. The van der Waals surface area contributed by atoms with Crippen LogP contribution in [-0.4, -0.2) is 60.6 Å². The van der Waals surface area contributed by atoms with E-state index in [0.29, 0.717) is 29.2 Å². The number of hydrogen-bond acceptors (Lipinski definition) is 7. The maximum Gasteiger partial charge on any atom is 0.275 e. The van der Waals surface area contributed by atoms with Gasteiger partial charge in [0.15, 0.2) is 11.5 Å². The molecule has 212 valence electrons. The molecule has 1 aliphatic carbocycles. The molecule has 40 heavy (non-hydrogen) atoms. The summed E-state index contributed by atoms with van der Waals surface area (Å²) < 4.78 is 16.7. The number of ether oxygens (including phenoxy) is 3. The van der Waals surface area contributed by atoms with Crippen LogP contribution in [0.25, 0.3) is 0 Å². The molecule has 0 saturated heterocycles. The Hall–Kier alpha value is -4.14. The Kier molecular flexibility index (Phi) is 9.94. The SMILES string of the molecule is COc1cc([C@H](C(=O)NC2CCCCC2)N(CCc2cccc(C)c2)C(=O)c2cnccn2)cc(OC)c1OC. The van der Waals surface area contributed by atoms with Gasteiger partial charge in [-0.1, -0.05) is 49.1 Å². The lowest BCUT2D eigenvalue weighted by molar-refractivity contribution is -0.126. The molecule has 4 rings (SSSR count). The van der Waals surface area contributed by atoms with Gasteiger partial charge in [-0.25, -0.2) is 4.98 Å². The van der Waals surface area contributed by atoms with Crippen LogP contribution in [0.5, 0.6) is 17.2 Å². The van der Waals surface area contributed by atoms with Crippen molar-refractivity contribution in [2.75, 3.05) is 27.9 Å². The maximum absolute atomic E-state index is 14.2. The zero-order chi connectivity index (χ0) is 28.5. The second kappa shape index (κ2) is 13.8. The Morgan fingerprint density at radius 1 is 1.00 bits per heavy atom. The third-order valence-electron chi connectivity index (χ3n) is 7.28. The first-order chi connectivity index (χ1) is 19.4. The zero-order valence-corrected chi connectivity index (χ0v) is 23.7. The van der Waals surface area contributed by atoms with Crippen LogP contribution in [0.4, 0.5) is 0 Å². The number of amides is 2. The van der Waals surface area contributed by atoms with Gasteiger partial charge in [0.25, 0.3) is 5.91 Å². The minimum absolute atomic E-state index is 0.0519. The number of carbonyl (C=O) groups excluding carboxylic acids is 2. The molecule has 0 spiro atoms. The van der Waals surface area contributed by atoms with Crippen molar-refractivity contribution in [3.05, 3.63) is 77.4 Å². The molecular formula is C31H38N4O5. The second-order valence-corrected chi connectivity index (χ2v) is 10.0. The van der Waals surface area contributed by atoms with Crippen molar-refractivity contribution in [2.24, 2.45) is 0 Å². The molecule has 0 radical (unpaired) electrons. The normalized spacial score (nSPS) is 14.2. The monoisotopic (exact) mass is 546 g/mol. The number of aryl methyl sites for hydroxylation is 1. The molecule has 1 atom stereocenters. The van der Waals surface area contributed by atoms with Gasteiger partial charge in [-0.2, -0.15) is 0 Å². The number of hydrogen-bond donors (Lipinski definition) is 1. The van der Waals surface area contributed by atoms with Crippen LogP contribution in [0, 0.1) is 6.92 Å². The fourth-order valence-corrected chi connectivity index (χ4v) is 5.28. The van der Waals surface area contributed by atoms with Gasteiger partial charge in [-0.3, -0.25) is 14.6 Å². The lowest BCUT2D eigenvalue weighted by Gasteiger charge is -2.33. The van der Waals surface area contributed by atoms with Crippen LogP contribution >= 0.6 is 0 Å². The number of rotatable bonds is 11. The summed E-state index contributed by atoms with van der Waals surface area (Å²) in [4.78, 5) is 38.1. The summed E-state index contributed by atoms with van der Waals surface area (Å²) in [6, 6.07) is 10.7. The molecule has 1 aromatic heterocycles. The van der Waals surface area contributed by atoms with Crippen molar-refractivity contribution in [3.63, 3.8) is 0 Å². The molecule has 9 nitrogen and oxygen atoms in total. The highest BCUT2D eigenvalue weighted by molar-refractivity contribution is 5.96. The van der Waals surface area contributed by atoms with Crippen LogP contribution in [0.2, 0.25) is 0 Å². The van der Waals surface area contributed by atoms with E-state index >= 15 is 0 Å². The predicted molar refractivity (Wildman–Crippen MR) is 152 cm³/mol. The van der Waals surface area contributed by atoms with Gasteiger partial charge in [0.05, 0.1) is 27.5 Å². The summed E-state index contributed by atoms with van der Waals surface area (Å²) >= 11 is 0. The van der Waals surface area contributed by atoms with Gasteiger partial charge in [0.1, 0.15) is 11.7 Å². The summed E-state index contributed by atoms with van der Waals surface area (Å²) in [6.45, 7) is 2.31. The van der Waals surface area contributed by atoms with E-state index in [2.05, 4.69) is 21.4 Å². The lowest BCUT2D eigenvalue weighted by atomic mass is 9.94. The van der Waals surface area contributed by atoms with E-state index in [-0.39, 0.29) is 24.2 Å². The first kappa shape index (κ1) is 28.9. The highest BCUT2D eigenvalue weighted by Gasteiger charge is 2.35. The number of methoxy groups -OCH3 is 3. The average molecular weight is 547 g/mol. The maximum atomic E-state index is 14.2. The van der Waals surface area contributed by atoms with Crippen LogP contribution < -0.4 is 19.5 Å². The van der Waals surface area contributed by atoms with E-state index in [9.17, 15) is 9.59 Å². The first-order valence-electron chi connectivity index (χ1n) is 13.7. The Balaban J connectivity index is 1.80. The topological polar surface area (TPSA) is 103 Å². The average Bonchev–Trinajstić information content (AvgIpc) is 2.99. The van der Waals surface area contributed by atoms with E-state index in [4.69, 9.17) is 14.2 Å². The molecular weight excluding hydrogens is 508 g/mol. The highest BCUT2D eigenvalue weighted by atomic mass is 16.5. The highest BCUT2D eigenvalue weighted by Crippen LogP contribution is 2.41. The summed E-state index contributed by atoms with van der Waals surface area (Å²) in [5, 5.41) is 3.23. The molecule has 1 heterocycles. The van der Waals surface area contributed by atoms with Gasteiger partial charge < -0.3 is 24.4 Å². The third-order valence-corrected chi connectivity index (χ3v) is 7.28. The van der Waals surface area contributed by atoms with Crippen LogP contribution in [0.3, 0.4) is 0 Å². The third kappa shape index (κ3) is 6.89. The molecule has 1 aliphatic rings. The second-order valence-electron chi connectivity index (χ2n) is 10.0.